The third kappa shape index (κ3) is 2.86. The number of fused-ring (bicyclic) bond motifs is 1. The quantitative estimate of drug-likeness (QED) is 0.773. The molecule has 0 atom stereocenters. The molecule has 2 aromatic heterocycles. The number of carbonyl (C=O) groups excluding carboxylic acids is 2. The van der Waals surface area contributed by atoms with E-state index < -0.39 is 5.91 Å². The number of carbonyl (C=O) groups is 2. The Hall–Kier alpha value is -3.15. The second-order valence-electron chi connectivity index (χ2n) is 5.54. The summed E-state index contributed by atoms with van der Waals surface area (Å²) in [5.74, 6) is -0.726. The van der Waals surface area contributed by atoms with Crippen molar-refractivity contribution in [2.75, 3.05) is 5.32 Å². The first-order valence-corrected chi connectivity index (χ1v) is 7.68. The maximum Gasteiger partial charge on any atom is 0.257 e. The number of benzene rings is 1. The molecule has 0 unspecified atom stereocenters. The van der Waals surface area contributed by atoms with Crippen molar-refractivity contribution in [3.05, 3.63) is 65.1 Å². The topological polar surface area (TPSA) is 89.5 Å². The van der Waals surface area contributed by atoms with E-state index >= 15 is 0 Å². The summed E-state index contributed by atoms with van der Waals surface area (Å²) in [6, 6.07) is 10.0. The van der Waals surface area contributed by atoms with Gasteiger partial charge < -0.3 is 15.5 Å². The predicted molar refractivity (Wildman–Crippen MR) is 92.2 cm³/mol. The lowest BCUT2D eigenvalue weighted by Crippen LogP contribution is -2.14. The van der Waals surface area contributed by atoms with Crippen LogP contribution < -0.4 is 11.1 Å². The number of anilines is 1. The number of primary amides is 1. The van der Waals surface area contributed by atoms with E-state index in [0.29, 0.717) is 16.8 Å². The summed E-state index contributed by atoms with van der Waals surface area (Å²) < 4.78 is 1.92. The fourth-order valence-electron chi connectivity index (χ4n) is 2.60. The molecule has 0 radical (unpaired) electrons. The van der Waals surface area contributed by atoms with Gasteiger partial charge in [-0.3, -0.25) is 9.59 Å². The minimum Gasteiger partial charge on any atom is -0.366 e. The average molecular weight is 322 g/mol. The van der Waals surface area contributed by atoms with Crippen LogP contribution in [0.15, 0.2) is 42.6 Å². The predicted octanol–water partition coefficient (Wildman–Crippen LogP) is 2.56. The van der Waals surface area contributed by atoms with E-state index in [1.165, 1.54) is 0 Å². The van der Waals surface area contributed by atoms with E-state index in [1.54, 1.807) is 36.5 Å². The Bertz CT molecular complexity index is 926. The Morgan fingerprint density at radius 3 is 2.42 bits per heavy atom. The Labute approximate surface area is 139 Å². The Morgan fingerprint density at radius 1 is 1.12 bits per heavy atom. The standard InChI is InChI=1S/C18H18N4O2/c1-3-15-11(2)22-10-13(6-9-16(22)21-15)18(24)20-14-7-4-12(5-8-14)17(19)23/h4-10H,3H2,1-2H3,(H2,19,23)(H,20,24). The largest absolute Gasteiger partial charge is 0.366 e. The van der Waals surface area contributed by atoms with Gasteiger partial charge in [0.05, 0.1) is 11.3 Å². The lowest BCUT2D eigenvalue weighted by atomic mass is 10.2. The number of nitrogens with two attached hydrogens (primary N) is 1. The van der Waals surface area contributed by atoms with Crippen molar-refractivity contribution in [2.45, 2.75) is 20.3 Å². The molecule has 24 heavy (non-hydrogen) atoms. The van der Waals surface area contributed by atoms with Crippen LogP contribution in [0, 0.1) is 6.92 Å². The summed E-state index contributed by atoms with van der Waals surface area (Å²) in [4.78, 5) is 28.0. The second-order valence-corrected chi connectivity index (χ2v) is 5.54. The van der Waals surface area contributed by atoms with Crippen molar-refractivity contribution in [3.63, 3.8) is 0 Å². The fraction of sp³-hybridized carbons (Fsp3) is 0.167. The van der Waals surface area contributed by atoms with Crippen LogP contribution in [0.5, 0.6) is 0 Å². The maximum absolute atomic E-state index is 12.4. The molecule has 0 saturated carbocycles. The number of pyridine rings is 1. The van der Waals surface area contributed by atoms with Gasteiger partial charge in [0.15, 0.2) is 0 Å². The van der Waals surface area contributed by atoms with Crippen LogP contribution in [0.1, 0.15) is 39.0 Å². The van der Waals surface area contributed by atoms with Crippen molar-refractivity contribution >= 4 is 23.1 Å². The molecular formula is C18H18N4O2. The van der Waals surface area contributed by atoms with Crippen LogP contribution in [0.2, 0.25) is 0 Å². The van der Waals surface area contributed by atoms with Crippen LogP contribution in [-0.4, -0.2) is 21.2 Å². The van der Waals surface area contributed by atoms with Gasteiger partial charge in [-0.1, -0.05) is 6.92 Å². The molecule has 0 aliphatic heterocycles. The highest BCUT2D eigenvalue weighted by molar-refractivity contribution is 6.04. The number of nitrogens with one attached hydrogen (secondary N) is 1. The summed E-state index contributed by atoms with van der Waals surface area (Å²) in [7, 11) is 0. The molecule has 122 valence electrons. The zero-order valence-corrected chi connectivity index (χ0v) is 13.5. The second kappa shape index (κ2) is 6.16. The van der Waals surface area contributed by atoms with Gasteiger partial charge in [-0.05, 0) is 49.7 Å². The van der Waals surface area contributed by atoms with Crippen LogP contribution in [0.4, 0.5) is 5.69 Å². The molecule has 0 aliphatic carbocycles. The lowest BCUT2D eigenvalue weighted by molar-refractivity contribution is 0.0998. The van der Waals surface area contributed by atoms with Crippen molar-refractivity contribution in [1.29, 1.82) is 0 Å². The molecule has 0 fully saturated rings. The first-order chi connectivity index (χ1) is 11.5. The van der Waals surface area contributed by atoms with Crippen LogP contribution in [-0.2, 0) is 6.42 Å². The highest BCUT2D eigenvalue weighted by Gasteiger charge is 2.11. The molecule has 3 aromatic rings. The summed E-state index contributed by atoms with van der Waals surface area (Å²) in [6.07, 6.45) is 2.63. The number of hydrogen-bond donors (Lipinski definition) is 2. The van der Waals surface area contributed by atoms with Gasteiger partial charge in [0.1, 0.15) is 5.65 Å². The Morgan fingerprint density at radius 2 is 1.79 bits per heavy atom. The van der Waals surface area contributed by atoms with E-state index in [0.717, 1.165) is 23.5 Å². The number of aromatic nitrogens is 2. The van der Waals surface area contributed by atoms with E-state index in [4.69, 9.17) is 5.73 Å². The summed E-state index contributed by atoms with van der Waals surface area (Å²) in [6.45, 7) is 4.04. The Balaban J connectivity index is 1.85. The first kappa shape index (κ1) is 15.7. The monoisotopic (exact) mass is 322 g/mol. The summed E-state index contributed by atoms with van der Waals surface area (Å²) >= 11 is 0. The molecule has 0 saturated heterocycles. The van der Waals surface area contributed by atoms with E-state index in [2.05, 4.69) is 17.2 Å². The van der Waals surface area contributed by atoms with Gasteiger partial charge >= 0.3 is 0 Å². The number of hydrogen-bond acceptors (Lipinski definition) is 3. The summed E-state index contributed by atoms with van der Waals surface area (Å²) in [5.41, 5.74) is 9.61. The zero-order chi connectivity index (χ0) is 17.3. The van der Waals surface area contributed by atoms with Crippen molar-refractivity contribution in [2.24, 2.45) is 5.73 Å². The molecule has 3 N–H and O–H groups in total. The lowest BCUT2D eigenvalue weighted by Gasteiger charge is -2.07. The molecule has 0 spiro atoms. The van der Waals surface area contributed by atoms with E-state index in [1.807, 2.05) is 17.4 Å². The van der Waals surface area contributed by atoms with Crippen LogP contribution in [0.25, 0.3) is 5.65 Å². The highest BCUT2D eigenvalue weighted by Crippen LogP contribution is 2.15. The average Bonchev–Trinajstić information content (AvgIpc) is 2.91. The molecule has 6 heteroatoms. The SMILES string of the molecule is CCc1nc2ccc(C(=O)Nc3ccc(C(N)=O)cc3)cn2c1C. The van der Waals surface area contributed by atoms with Crippen molar-refractivity contribution in [1.82, 2.24) is 9.38 Å². The number of imidazole rings is 1. The molecule has 1 aromatic carbocycles. The van der Waals surface area contributed by atoms with Gasteiger partial charge in [0, 0.05) is 23.1 Å². The normalized spacial score (nSPS) is 10.8. The maximum atomic E-state index is 12.4. The Kier molecular flexibility index (Phi) is 4.04. The first-order valence-electron chi connectivity index (χ1n) is 7.68. The molecule has 0 bridgehead atoms. The van der Waals surface area contributed by atoms with Gasteiger partial charge in [0.25, 0.3) is 5.91 Å². The van der Waals surface area contributed by atoms with E-state index in [-0.39, 0.29) is 5.91 Å². The van der Waals surface area contributed by atoms with Crippen LogP contribution >= 0.6 is 0 Å². The van der Waals surface area contributed by atoms with Gasteiger partial charge in [0.2, 0.25) is 5.91 Å². The van der Waals surface area contributed by atoms with Crippen molar-refractivity contribution < 1.29 is 9.59 Å². The number of rotatable bonds is 4. The molecule has 2 heterocycles. The molecule has 3 rings (SSSR count). The fourth-order valence-corrected chi connectivity index (χ4v) is 2.60. The number of aryl methyl sites for hydroxylation is 2. The number of amides is 2. The van der Waals surface area contributed by atoms with Gasteiger partial charge in [-0.25, -0.2) is 4.98 Å². The van der Waals surface area contributed by atoms with Crippen LogP contribution in [0.3, 0.4) is 0 Å². The van der Waals surface area contributed by atoms with E-state index in [9.17, 15) is 9.59 Å². The molecular weight excluding hydrogens is 304 g/mol. The molecule has 2 amide bonds. The summed E-state index contributed by atoms with van der Waals surface area (Å²) in [5, 5.41) is 2.80. The van der Waals surface area contributed by atoms with Crippen molar-refractivity contribution in [3.8, 4) is 0 Å². The highest BCUT2D eigenvalue weighted by atomic mass is 16.2. The zero-order valence-electron chi connectivity index (χ0n) is 13.5. The van der Waals surface area contributed by atoms with Gasteiger partial charge in [-0.15, -0.1) is 0 Å². The number of nitrogens with zero attached hydrogens (tertiary/aromatic N) is 2. The molecule has 6 nitrogen and oxygen atoms in total. The smallest absolute Gasteiger partial charge is 0.257 e. The third-order valence-electron chi connectivity index (χ3n) is 3.98. The molecule has 0 aliphatic rings. The minimum absolute atomic E-state index is 0.227. The van der Waals surface area contributed by atoms with Gasteiger partial charge in [-0.2, -0.15) is 0 Å². The minimum atomic E-state index is -0.499. The third-order valence-corrected chi connectivity index (χ3v) is 3.98.